The van der Waals surface area contributed by atoms with Gasteiger partial charge in [-0.1, -0.05) is 18.7 Å². The third kappa shape index (κ3) is 2.38. The summed E-state index contributed by atoms with van der Waals surface area (Å²) in [4.78, 5) is 0. The SMILES string of the molecule is [CH2]C(CF)c1cc(F)cc(C=C)c1. The smallest absolute Gasteiger partial charge is 0.124 e. The molecule has 0 saturated heterocycles. The molecule has 0 fully saturated rings. The molecule has 0 aromatic heterocycles. The van der Waals surface area contributed by atoms with E-state index in [9.17, 15) is 8.78 Å². The number of hydrogen-bond donors (Lipinski definition) is 0. The Morgan fingerprint density at radius 3 is 2.62 bits per heavy atom. The molecule has 0 heterocycles. The van der Waals surface area contributed by atoms with Crippen molar-refractivity contribution in [2.45, 2.75) is 5.92 Å². The average Bonchev–Trinajstić information content (AvgIpc) is 2.15. The van der Waals surface area contributed by atoms with Crippen LogP contribution in [0.3, 0.4) is 0 Å². The monoisotopic (exact) mass is 181 g/mol. The first kappa shape index (κ1) is 9.90. The van der Waals surface area contributed by atoms with E-state index in [0.717, 1.165) is 0 Å². The van der Waals surface area contributed by atoms with Crippen LogP contribution in [0.1, 0.15) is 17.0 Å². The fourth-order valence-electron chi connectivity index (χ4n) is 1.08. The van der Waals surface area contributed by atoms with Crippen LogP contribution in [-0.2, 0) is 0 Å². The van der Waals surface area contributed by atoms with Crippen LogP contribution in [0, 0.1) is 12.7 Å². The maximum atomic E-state index is 12.9. The van der Waals surface area contributed by atoms with Crippen LogP contribution in [-0.4, -0.2) is 6.67 Å². The van der Waals surface area contributed by atoms with Gasteiger partial charge in [0.2, 0.25) is 0 Å². The minimum absolute atomic E-state index is 0.380. The fraction of sp³-hybridized carbons (Fsp3) is 0.182. The van der Waals surface area contributed by atoms with Gasteiger partial charge in [0.25, 0.3) is 0 Å². The molecule has 0 aliphatic heterocycles. The number of hydrogen-bond acceptors (Lipinski definition) is 0. The summed E-state index contributed by atoms with van der Waals surface area (Å²) in [6, 6.07) is 4.33. The zero-order chi connectivity index (χ0) is 9.84. The second kappa shape index (κ2) is 4.17. The zero-order valence-electron chi connectivity index (χ0n) is 7.26. The van der Waals surface area contributed by atoms with E-state index in [4.69, 9.17) is 0 Å². The molecule has 0 bridgehead atoms. The van der Waals surface area contributed by atoms with Gasteiger partial charge in [-0.3, -0.25) is 4.39 Å². The summed E-state index contributed by atoms with van der Waals surface area (Å²) in [6.45, 7) is 6.50. The molecule has 1 aromatic carbocycles. The van der Waals surface area contributed by atoms with E-state index >= 15 is 0 Å². The van der Waals surface area contributed by atoms with E-state index in [1.54, 1.807) is 6.07 Å². The number of alkyl halides is 1. The van der Waals surface area contributed by atoms with Crippen molar-refractivity contribution in [3.05, 3.63) is 48.6 Å². The van der Waals surface area contributed by atoms with Crippen molar-refractivity contribution in [3.8, 4) is 0 Å². The first-order chi connectivity index (χ1) is 6.17. The molecule has 1 aromatic rings. The molecular weight excluding hydrogens is 170 g/mol. The minimum atomic E-state index is -0.583. The second-order valence-electron chi connectivity index (χ2n) is 2.87. The van der Waals surface area contributed by atoms with Gasteiger partial charge in [-0.25, -0.2) is 4.39 Å². The number of benzene rings is 1. The highest BCUT2D eigenvalue weighted by Gasteiger charge is 2.06. The molecule has 0 saturated carbocycles. The predicted molar refractivity (Wildman–Crippen MR) is 50.6 cm³/mol. The summed E-state index contributed by atoms with van der Waals surface area (Å²) in [6.07, 6.45) is 1.53. The van der Waals surface area contributed by atoms with Gasteiger partial charge in [-0.05, 0) is 30.2 Å². The first-order valence-corrected chi connectivity index (χ1v) is 3.99. The Labute approximate surface area is 76.9 Å². The van der Waals surface area contributed by atoms with Gasteiger partial charge >= 0.3 is 0 Å². The van der Waals surface area contributed by atoms with Crippen molar-refractivity contribution in [2.75, 3.05) is 6.67 Å². The van der Waals surface area contributed by atoms with Crippen LogP contribution < -0.4 is 0 Å². The Balaban J connectivity index is 3.07. The summed E-state index contributed by atoms with van der Waals surface area (Å²) >= 11 is 0. The Hall–Kier alpha value is -1.18. The Bertz CT molecular complexity index is 305. The molecule has 1 rings (SSSR count). The summed E-state index contributed by atoms with van der Waals surface area (Å²) in [5.41, 5.74) is 1.22. The number of rotatable bonds is 3. The predicted octanol–water partition coefficient (Wildman–Crippen LogP) is 3.36. The van der Waals surface area contributed by atoms with Crippen molar-refractivity contribution in [2.24, 2.45) is 0 Å². The van der Waals surface area contributed by atoms with Gasteiger partial charge in [0.05, 0.1) is 6.67 Å². The van der Waals surface area contributed by atoms with Crippen LogP contribution in [0.15, 0.2) is 24.8 Å². The molecule has 1 atom stereocenters. The second-order valence-corrected chi connectivity index (χ2v) is 2.87. The highest BCUT2D eigenvalue weighted by molar-refractivity contribution is 5.49. The molecule has 0 N–H and O–H groups in total. The van der Waals surface area contributed by atoms with Gasteiger partial charge in [-0.2, -0.15) is 0 Å². The zero-order valence-corrected chi connectivity index (χ0v) is 7.26. The lowest BCUT2D eigenvalue weighted by Gasteiger charge is -2.07. The van der Waals surface area contributed by atoms with Gasteiger partial charge in [0, 0.05) is 5.92 Å². The molecule has 69 valence electrons. The maximum absolute atomic E-state index is 12.9. The molecule has 2 heteroatoms. The van der Waals surface area contributed by atoms with Gasteiger partial charge < -0.3 is 0 Å². The Morgan fingerprint density at radius 2 is 2.08 bits per heavy atom. The molecule has 13 heavy (non-hydrogen) atoms. The van der Waals surface area contributed by atoms with Crippen LogP contribution in [0.4, 0.5) is 8.78 Å². The molecular formula is C11H11F2. The Kier molecular flexibility index (Phi) is 3.18. The summed E-state index contributed by atoms with van der Waals surface area (Å²) in [5, 5.41) is 0. The molecule has 0 spiro atoms. The molecule has 0 nitrogen and oxygen atoms in total. The van der Waals surface area contributed by atoms with Gasteiger partial charge in [0.15, 0.2) is 0 Å². The normalized spacial score (nSPS) is 12.5. The highest BCUT2D eigenvalue weighted by Crippen LogP contribution is 2.19. The van der Waals surface area contributed by atoms with Crippen molar-refractivity contribution in [3.63, 3.8) is 0 Å². The molecule has 1 unspecified atom stereocenters. The standard InChI is InChI=1S/C11H11F2/c1-3-9-4-10(8(2)7-12)6-11(13)5-9/h3-6,8H,1-2,7H2. The van der Waals surface area contributed by atoms with Crippen LogP contribution in [0.5, 0.6) is 0 Å². The fourth-order valence-corrected chi connectivity index (χ4v) is 1.08. The lowest BCUT2D eigenvalue weighted by molar-refractivity contribution is 0.464. The topological polar surface area (TPSA) is 0 Å². The first-order valence-electron chi connectivity index (χ1n) is 3.99. The molecule has 0 aliphatic rings. The van der Waals surface area contributed by atoms with Gasteiger partial charge in [0.1, 0.15) is 5.82 Å². The van der Waals surface area contributed by atoms with Crippen molar-refractivity contribution in [1.29, 1.82) is 0 Å². The third-order valence-electron chi connectivity index (χ3n) is 1.84. The van der Waals surface area contributed by atoms with E-state index in [0.29, 0.717) is 11.1 Å². The Morgan fingerprint density at radius 1 is 1.38 bits per heavy atom. The third-order valence-corrected chi connectivity index (χ3v) is 1.84. The summed E-state index contributed by atoms with van der Waals surface area (Å²) < 4.78 is 25.1. The quantitative estimate of drug-likeness (QED) is 0.670. The van der Waals surface area contributed by atoms with Crippen molar-refractivity contribution >= 4 is 6.08 Å². The lowest BCUT2D eigenvalue weighted by atomic mass is 10.00. The van der Waals surface area contributed by atoms with E-state index in [2.05, 4.69) is 13.5 Å². The maximum Gasteiger partial charge on any atom is 0.124 e. The van der Waals surface area contributed by atoms with Crippen LogP contribution in [0.2, 0.25) is 0 Å². The molecule has 1 radical (unpaired) electrons. The highest BCUT2D eigenvalue weighted by atomic mass is 19.1. The van der Waals surface area contributed by atoms with Crippen molar-refractivity contribution in [1.82, 2.24) is 0 Å². The summed E-state index contributed by atoms with van der Waals surface area (Å²) in [7, 11) is 0. The van der Waals surface area contributed by atoms with E-state index in [1.807, 2.05) is 0 Å². The molecule has 0 amide bonds. The van der Waals surface area contributed by atoms with E-state index in [1.165, 1.54) is 18.2 Å². The molecule has 0 aliphatic carbocycles. The van der Waals surface area contributed by atoms with Gasteiger partial charge in [-0.15, -0.1) is 0 Å². The minimum Gasteiger partial charge on any atom is -0.250 e. The largest absolute Gasteiger partial charge is 0.250 e. The number of halogens is 2. The average molecular weight is 181 g/mol. The van der Waals surface area contributed by atoms with Crippen LogP contribution in [0.25, 0.3) is 6.08 Å². The van der Waals surface area contributed by atoms with Crippen LogP contribution >= 0.6 is 0 Å². The summed E-state index contributed by atoms with van der Waals surface area (Å²) in [5.74, 6) is -0.885. The van der Waals surface area contributed by atoms with E-state index in [-0.39, 0.29) is 5.82 Å². The lowest BCUT2D eigenvalue weighted by Crippen LogP contribution is -1.97. The van der Waals surface area contributed by atoms with Crippen molar-refractivity contribution < 1.29 is 8.78 Å². The van der Waals surface area contributed by atoms with E-state index < -0.39 is 12.6 Å².